The molecule has 0 rings (SSSR count). The molecular formula is C3BrF5I2. The fraction of sp³-hybridized carbons (Fsp3) is 1.00. The second-order valence-electron chi connectivity index (χ2n) is 1.57. The van der Waals surface area contributed by atoms with Crippen LogP contribution in [0.5, 0.6) is 0 Å². The van der Waals surface area contributed by atoms with Crippen molar-refractivity contribution in [1.82, 2.24) is 0 Å². The molecule has 0 aromatic rings. The molecule has 0 saturated heterocycles. The first-order valence-electron chi connectivity index (χ1n) is 2.01. The smallest absolute Gasteiger partial charge is 0.216 e. The summed E-state index contributed by atoms with van der Waals surface area (Å²) in [6.07, 6.45) is 0. The zero-order valence-electron chi connectivity index (χ0n) is 4.52. The molecule has 11 heavy (non-hydrogen) atoms. The van der Waals surface area contributed by atoms with Crippen molar-refractivity contribution < 1.29 is 22.0 Å². The molecule has 0 bridgehead atoms. The molecule has 0 aromatic carbocycles. The largest absolute Gasteiger partial charge is 0.346 e. The van der Waals surface area contributed by atoms with Crippen molar-refractivity contribution in [3.63, 3.8) is 0 Å². The average Bonchev–Trinajstić information content (AvgIpc) is 1.58. The van der Waals surface area contributed by atoms with E-state index < -0.39 is 12.4 Å². The summed E-state index contributed by atoms with van der Waals surface area (Å²) in [7, 11) is 0. The summed E-state index contributed by atoms with van der Waals surface area (Å²) < 4.78 is 48.5. The maximum atomic E-state index is 12.5. The lowest BCUT2D eigenvalue weighted by atomic mass is 10.4. The molecule has 0 N–H and O–H groups in total. The minimum absolute atomic E-state index is 0.305. The SMILES string of the molecule is FC(F)(I)C(F)(Br)C(F)(F)I. The van der Waals surface area contributed by atoms with Crippen LogP contribution in [-0.2, 0) is 0 Å². The first-order chi connectivity index (χ1) is 4.50. The zero-order chi connectivity index (χ0) is 9.50. The number of hydrogen-bond donors (Lipinski definition) is 0. The molecule has 0 aliphatic rings. The zero-order valence-corrected chi connectivity index (χ0v) is 10.4. The molecule has 0 aliphatic heterocycles. The first-order valence-corrected chi connectivity index (χ1v) is 4.96. The van der Waals surface area contributed by atoms with Gasteiger partial charge in [-0.3, -0.25) is 0 Å². The molecule has 0 aromatic heterocycles. The predicted octanol–water partition coefficient (Wildman–Crippen LogP) is 4.10. The van der Waals surface area contributed by atoms with Gasteiger partial charge in [-0.1, -0.05) is 0 Å². The molecule has 68 valence electrons. The van der Waals surface area contributed by atoms with Crippen LogP contribution in [-0.4, -0.2) is 12.4 Å². The maximum absolute atomic E-state index is 12.5. The van der Waals surface area contributed by atoms with Gasteiger partial charge in [-0.25, -0.2) is 4.39 Å². The fourth-order valence-electron chi connectivity index (χ4n) is 0.161. The lowest BCUT2D eigenvalue weighted by Crippen LogP contribution is -2.45. The van der Waals surface area contributed by atoms with Gasteiger partial charge in [0.1, 0.15) is 0 Å². The van der Waals surface area contributed by atoms with Crippen molar-refractivity contribution >= 4 is 61.1 Å². The van der Waals surface area contributed by atoms with Crippen LogP contribution in [0.4, 0.5) is 22.0 Å². The number of rotatable bonds is 2. The van der Waals surface area contributed by atoms with E-state index in [1.807, 2.05) is 0 Å². The van der Waals surface area contributed by atoms with E-state index in [1.165, 1.54) is 0 Å². The third-order valence-electron chi connectivity index (χ3n) is 0.712. The Morgan fingerprint density at radius 1 is 0.818 bits per heavy atom. The summed E-state index contributed by atoms with van der Waals surface area (Å²) in [6.45, 7) is 0. The molecule has 0 fully saturated rings. The minimum Gasteiger partial charge on any atom is -0.216 e. The van der Waals surface area contributed by atoms with E-state index in [-0.39, 0.29) is 0 Å². The third kappa shape index (κ3) is 2.78. The van der Waals surface area contributed by atoms with Gasteiger partial charge in [-0.15, -0.1) is 0 Å². The van der Waals surface area contributed by atoms with Crippen molar-refractivity contribution in [3.8, 4) is 0 Å². The predicted molar refractivity (Wildman–Crippen MR) is 50.7 cm³/mol. The number of hydrogen-bond acceptors (Lipinski definition) is 0. The summed E-state index contributed by atoms with van der Waals surface area (Å²) in [5.74, 6) is 0. The lowest BCUT2D eigenvalue weighted by molar-refractivity contribution is -0.0845. The summed E-state index contributed by atoms with van der Waals surface area (Å²) in [6, 6.07) is 0. The monoisotopic (exact) mass is 464 g/mol. The molecule has 0 spiro atoms. The molecule has 8 heteroatoms. The highest BCUT2D eigenvalue weighted by molar-refractivity contribution is 14.1. The highest BCUT2D eigenvalue weighted by Gasteiger charge is 2.66. The molecule has 0 amide bonds. The average molecular weight is 465 g/mol. The van der Waals surface area contributed by atoms with Crippen LogP contribution < -0.4 is 0 Å². The van der Waals surface area contributed by atoms with E-state index in [1.54, 1.807) is 15.9 Å². The van der Waals surface area contributed by atoms with E-state index in [4.69, 9.17) is 0 Å². The van der Waals surface area contributed by atoms with E-state index >= 15 is 0 Å². The molecular weight excluding hydrogens is 465 g/mol. The van der Waals surface area contributed by atoms with Crippen LogP contribution in [0.1, 0.15) is 0 Å². The van der Waals surface area contributed by atoms with Gasteiger partial charge >= 0.3 is 12.4 Å². The van der Waals surface area contributed by atoms with E-state index in [0.717, 1.165) is 0 Å². The maximum Gasteiger partial charge on any atom is 0.346 e. The Bertz CT molecular complexity index is 131. The Morgan fingerprint density at radius 2 is 1.00 bits per heavy atom. The van der Waals surface area contributed by atoms with Crippen molar-refractivity contribution in [2.24, 2.45) is 0 Å². The molecule has 0 atom stereocenters. The second kappa shape index (κ2) is 3.39. The van der Waals surface area contributed by atoms with Crippen LogP contribution in [0.2, 0.25) is 0 Å². The Kier molecular flexibility index (Phi) is 3.88. The van der Waals surface area contributed by atoms with Crippen LogP contribution in [0.3, 0.4) is 0 Å². The van der Waals surface area contributed by atoms with Crippen LogP contribution in [0.15, 0.2) is 0 Å². The second-order valence-corrected chi connectivity index (χ2v) is 5.37. The highest BCUT2D eigenvalue weighted by atomic mass is 127. The van der Waals surface area contributed by atoms with Gasteiger partial charge in [0.05, 0.1) is 0 Å². The van der Waals surface area contributed by atoms with Gasteiger partial charge < -0.3 is 0 Å². The fourth-order valence-corrected chi connectivity index (χ4v) is 1.35. The Labute approximate surface area is 94.7 Å². The molecule has 0 saturated carbocycles. The van der Waals surface area contributed by atoms with Crippen molar-refractivity contribution in [3.05, 3.63) is 0 Å². The quantitative estimate of drug-likeness (QED) is 0.328. The molecule has 0 radical (unpaired) electrons. The molecule has 0 unspecified atom stereocenters. The van der Waals surface area contributed by atoms with E-state index in [9.17, 15) is 22.0 Å². The summed E-state index contributed by atoms with van der Waals surface area (Å²) in [4.78, 5) is 0. The Balaban J connectivity index is 4.75. The molecule has 0 heterocycles. The van der Waals surface area contributed by atoms with Gasteiger partial charge in [0.25, 0.3) is 0 Å². The molecule has 0 nitrogen and oxygen atoms in total. The lowest BCUT2D eigenvalue weighted by Gasteiger charge is -2.27. The minimum atomic E-state index is -4.16. The first kappa shape index (κ1) is 12.6. The van der Waals surface area contributed by atoms with Crippen molar-refractivity contribution in [2.75, 3.05) is 0 Å². The van der Waals surface area contributed by atoms with Crippen molar-refractivity contribution in [2.45, 2.75) is 12.4 Å². The highest BCUT2D eigenvalue weighted by Crippen LogP contribution is 2.54. The van der Waals surface area contributed by atoms with Gasteiger partial charge in [0.15, 0.2) is 0 Å². The van der Waals surface area contributed by atoms with Gasteiger partial charge in [0.2, 0.25) is 0 Å². The Morgan fingerprint density at radius 3 is 1.00 bits per heavy atom. The number of alkyl halides is 8. The van der Waals surface area contributed by atoms with E-state index in [0.29, 0.717) is 45.2 Å². The van der Waals surface area contributed by atoms with Gasteiger partial charge in [-0.05, 0) is 15.9 Å². The normalized spacial score (nSPS) is 15.3. The standard InChI is InChI=1S/C3BrF5I2/c4-1(5,2(6,7)10)3(8,9)11. The topological polar surface area (TPSA) is 0 Å². The van der Waals surface area contributed by atoms with Crippen molar-refractivity contribution in [1.29, 1.82) is 0 Å². The Hall–Kier alpha value is 1.59. The third-order valence-corrected chi connectivity index (χ3v) is 4.68. The van der Waals surface area contributed by atoms with Crippen LogP contribution in [0, 0.1) is 0 Å². The summed E-state index contributed by atoms with van der Waals surface area (Å²) >= 11 is 2.25. The molecule has 0 aliphatic carbocycles. The van der Waals surface area contributed by atoms with Gasteiger partial charge in [0, 0.05) is 45.2 Å². The van der Waals surface area contributed by atoms with Crippen LogP contribution in [0.25, 0.3) is 0 Å². The van der Waals surface area contributed by atoms with E-state index in [2.05, 4.69) is 0 Å². The summed E-state index contributed by atoms with van der Waals surface area (Å²) in [5, 5.41) is 0. The van der Waals surface area contributed by atoms with Gasteiger partial charge in [-0.2, -0.15) is 17.6 Å². The summed E-state index contributed by atoms with van der Waals surface area (Å²) in [5.41, 5.74) is 0. The van der Waals surface area contributed by atoms with Crippen LogP contribution >= 0.6 is 61.1 Å². The number of halogens is 8.